The van der Waals surface area contributed by atoms with E-state index in [1.165, 1.54) is 0 Å². The molecule has 3 aliphatic heterocycles. The van der Waals surface area contributed by atoms with Crippen LogP contribution < -0.4 is 0 Å². The van der Waals surface area contributed by atoms with E-state index in [1.807, 2.05) is 0 Å². The van der Waals surface area contributed by atoms with Gasteiger partial charge in [-0.2, -0.15) is 0 Å². The maximum absolute atomic E-state index is 12.0. The normalized spacial score (nSPS) is 43.8. The Kier molecular flexibility index (Phi) is 3.60. The van der Waals surface area contributed by atoms with Gasteiger partial charge in [-0.3, -0.25) is 4.79 Å². The molecule has 10 heteroatoms. The first-order valence-electron chi connectivity index (χ1n) is 7.24. The van der Waals surface area contributed by atoms with Crippen LogP contribution in [0.2, 0.25) is 0 Å². The van der Waals surface area contributed by atoms with Gasteiger partial charge < -0.3 is 28.8 Å². The molecule has 23 heavy (non-hydrogen) atoms. The molecule has 3 heterocycles. The van der Waals surface area contributed by atoms with Gasteiger partial charge in [0, 0.05) is 4.91 Å². The molecule has 0 radical (unpaired) electrons. The highest BCUT2D eigenvalue weighted by atomic mass is 16.8. The van der Waals surface area contributed by atoms with Crippen molar-refractivity contribution in [2.24, 2.45) is 5.11 Å². The lowest BCUT2D eigenvalue weighted by atomic mass is 9.86. The van der Waals surface area contributed by atoms with Crippen LogP contribution in [0.3, 0.4) is 0 Å². The SMILES string of the molecule is CC1(C)OC[C@@H]([C@H]2O[C@@H]3OC(C)(C)O[C@@H]3[C@]2(N=[N+]=[N-])C(=O)O)O1. The summed E-state index contributed by atoms with van der Waals surface area (Å²) in [5, 5.41) is 13.3. The van der Waals surface area contributed by atoms with Gasteiger partial charge in [0.15, 0.2) is 17.9 Å². The third-order valence-corrected chi connectivity index (χ3v) is 4.13. The van der Waals surface area contributed by atoms with E-state index in [-0.39, 0.29) is 6.61 Å². The summed E-state index contributed by atoms with van der Waals surface area (Å²) in [5.74, 6) is -3.28. The standard InChI is InChI=1S/C13H19N3O7/c1-11(2)19-5-6(21-11)7-13(10(17)18,15-16-14)8-9(20-7)23-12(3,4)22-8/h6-9H,5H2,1-4H3,(H,17,18)/t6-,7+,8-,9+,13-/m0/s1. The van der Waals surface area contributed by atoms with Crippen molar-refractivity contribution in [3.63, 3.8) is 0 Å². The third-order valence-electron chi connectivity index (χ3n) is 4.13. The molecule has 0 aliphatic carbocycles. The van der Waals surface area contributed by atoms with Crippen LogP contribution >= 0.6 is 0 Å². The first-order valence-corrected chi connectivity index (χ1v) is 7.24. The second-order valence-corrected chi connectivity index (χ2v) is 6.67. The first kappa shape index (κ1) is 16.4. The van der Waals surface area contributed by atoms with Gasteiger partial charge >= 0.3 is 5.97 Å². The number of carbonyl (C=O) groups is 1. The number of nitrogens with zero attached hydrogens (tertiary/aromatic N) is 3. The molecule has 0 unspecified atom stereocenters. The van der Waals surface area contributed by atoms with Crippen molar-refractivity contribution in [2.75, 3.05) is 6.61 Å². The monoisotopic (exact) mass is 329 g/mol. The Labute approximate surface area is 132 Å². The van der Waals surface area contributed by atoms with Gasteiger partial charge in [0.25, 0.3) is 0 Å². The topological polar surface area (TPSA) is 132 Å². The molecule has 128 valence electrons. The molecule has 0 aromatic heterocycles. The van der Waals surface area contributed by atoms with Crippen LogP contribution in [0.25, 0.3) is 10.4 Å². The molecule has 3 rings (SSSR count). The Hall–Kier alpha value is -1.42. The summed E-state index contributed by atoms with van der Waals surface area (Å²) in [6.45, 7) is 6.77. The van der Waals surface area contributed by atoms with Crippen molar-refractivity contribution in [1.82, 2.24) is 0 Å². The van der Waals surface area contributed by atoms with Crippen molar-refractivity contribution in [3.8, 4) is 0 Å². The second kappa shape index (κ2) is 5.04. The summed E-state index contributed by atoms with van der Waals surface area (Å²) in [6.07, 6.45) is -3.87. The lowest BCUT2D eigenvalue weighted by molar-refractivity contribution is -0.230. The number of hydrogen-bond donors (Lipinski definition) is 1. The highest BCUT2D eigenvalue weighted by Gasteiger charge is 2.70. The first-order chi connectivity index (χ1) is 10.6. The van der Waals surface area contributed by atoms with Crippen LogP contribution in [-0.4, -0.2) is 59.4 Å². The fourth-order valence-corrected chi connectivity index (χ4v) is 3.25. The number of carboxylic acids is 1. The minimum atomic E-state index is -2.00. The second-order valence-electron chi connectivity index (χ2n) is 6.67. The lowest BCUT2D eigenvalue weighted by Gasteiger charge is -2.33. The number of azide groups is 1. The molecule has 0 spiro atoms. The van der Waals surface area contributed by atoms with Crippen molar-refractivity contribution in [2.45, 2.75) is 69.4 Å². The minimum Gasteiger partial charge on any atom is -0.481 e. The maximum atomic E-state index is 12.0. The van der Waals surface area contributed by atoms with Gasteiger partial charge in [-0.25, -0.2) is 0 Å². The molecule has 0 bridgehead atoms. The van der Waals surface area contributed by atoms with Crippen LogP contribution in [-0.2, 0) is 28.5 Å². The van der Waals surface area contributed by atoms with Crippen molar-refractivity contribution < 1.29 is 33.6 Å². The van der Waals surface area contributed by atoms with E-state index in [0.717, 1.165) is 0 Å². The van der Waals surface area contributed by atoms with E-state index >= 15 is 0 Å². The zero-order chi connectivity index (χ0) is 17.0. The Bertz CT molecular complexity index is 570. The molecular weight excluding hydrogens is 310 g/mol. The summed E-state index contributed by atoms with van der Waals surface area (Å²) in [6, 6.07) is 0. The van der Waals surface area contributed by atoms with E-state index in [0.29, 0.717) is 0 Å². The van der Waals surface area contributed by atoms with Crippen molar-refractivity contribution in [3.05, 3.63) is 10.4 Å². The van der Waals surface area contributed by atoms with Gasteiger partial charge in [0.1, 0.15) is 18.3 Å². The Morgan fingerprint density at radius 1 is 1.17 bits per heavy atom. The zero-order valence-corrected chi connectivity index (χ0v) is 13.3. The van der Waals surface area contributed by atoms with Crippen LogP contribution in [0.5, 0.6) is 0 Å². The molecule has 10 nitrogen and oxygen atoms in total. The molecule has 3 saturated heterocycles. The third kappa shape index (κ3) is 2.47. The summed E-state index contributed by atoms with van der Waals surface area (Å²) in [7, 11) is 0. The summed E-state index contributed by atoms with van der Waals surface area (Å²) in [5.41, 5.74) is 6.93. The molecule has 0 amide bonds. The average molecular weight is 329 g/mol. The molecule has 0 aromatic rings. The summed E-state index contributed by atoms with van der Waals surface area (Å²) in [4.78, 5) is 14.7. The fourth-order valence-electron chi connectivity index (χ4n) is 3.25. The van der Waals surface area contributed by atoms with E-state index < -0.39 is 47.7 Å². The zero-order valence-electron chi connectivity index (χ0n) is 13.3. The van der Waals surface area contributed by atoms with Crippen LogP contribution in [0.15, 0.2) is 5.11 Å². The van der Waals surface area contributed by atoms with Gasteiger partial charge in [0.05, 0.1) is 6.61 Å². The Morgan fingerprint density at radius 3 is 2.39 bits per heavy atom. The number of aliphatic carboxylic acids is 1. The van der Waals surface area contributed by atoms with E-state index in [9.17, 15) is 9.90 Å². The molecule has 3 fully saturated rings. The number of carboxylic acid groups (broad SMARTS) is 1. The minimum absolute atomic E-state index is 0.108. The highest BCUT2D eigenvalue weighted by molar-refractivity contribution is 5.82. The maximum Gasteiger partial charge on any atom is 0.321 e. The lowest BCUT2D eigenvalue weighted by Crippen LogP contribution is -2.57. The van der Waals surface area contributed by atoms with Gasteiger partial charge in [-0.1, -0.05) is 5.11 Å². The number of ether oxygens (including phenoxy) is 5. The Balaban J connectivity index is 2.00. The van der Waals surface area contributed by atoms with Crippen LogP contribution in [0.1, 0.15) is 27.7 Å². The smallest absolute Gasteiger partial charge is 0.321 e. The molecular formula is C13H19N3O7. The number of hydrogen-bond acceptors (Lipinski definition) is 7. The Morgan fingerprint density at radius 2 is 1.87 bits per heavy atom. The molecule has 0 aromatic carbocycles. The number of fused-ring (bicyclic) bond motifs is 1. The van der Waals surface area contributed by atoms with Crippen molar-refractivity contribution in [1.29, 1.82) is 0 Å². The predicted molar refractivity (Wildman–Crippen MR) is 73.1 cm³/mol. The largest absolute Gasteiger partial charge is 0.481 e. The summed E-state index contributed by atoms with van der Waals surface area (Å²) < 4.78 is 28.1. The fraction of sp³-hybridized carbons (Fsp3) is 0.923. The van der Waals surface area contributed by atoms with Gasteiger partial charge in [0.2, 0.25) is 5.54 Å². The predicted octanol–water partition coefficient (Wildman–Crippen LogP) is 1.15. The quantitative estimate of drug-likeness (QED) is 0.466. The average Bonchev–Trinajstić information content (AvgIpc) is 3.00. The van der Waals surface area contributed by atoms with Crippen molar-refractivity contribution >= 4 is 5.97 Å². The molecule has 1 N–H and O–H groups in total. The van der Waals surface area contributed by atoms with Crippen LogP contribution in [0, 0.1) is 0 Å². The van der Waals surface area contributed by atoms with Gasteiger partial charge in [-0.15, -0.1) is 0 Å². The summed E-state index contributed by atoms with van der Waals surface area (Å²) >= 11 is 0. The molecule has 3 aliphatic rings. The number of rotatable bonds is 3. The molecule has 0 saturated carbocycles. The van der Waals surface area contributed by atoms with E-state index in [1.54, 1.807) is 27.7 Å². The molecule has 5 atom stereocenters. The van der Waals surface area contributed by atoms with Crippen LogP contribution in [0.4, 0.5) is 0 Å². The highest BCUT2D eigenvalue weighted by Crippen LogP contribution is 2.48. The van der Waals surface area contributed by atoms with E-state index in [4.69, 9.17) is 29.2 Å². The van der Waals surface area contributed by atoms with Gasteiger partial charge in [-0.05, 0) is 33.2 Å². The van der Waals surface area contributed by atoms with E-state index in [2.05, 4.69) is 10.0 Å².